The molecule has 4 rings (SSSR count). The molecule has 0 bridgehead atoms. The van der Waals surface area contributed by atoms with Crippen molar-refractivity contribution in [2.24, 2.45) is 7.05 Å². The molecule has 0 saturated carbocycles. The van der Waals surface area contributed by atoms with Crippen LogP contribution in [0.25, 0.3) is 11.1 Å². The minimum absolute atomic E-state index is 0.0994. The van der Waals surface area contributed by atoms with E-state index in [-0.39, 0.29) is 16.0 Å². The lowest BCUT2D eigenvalue weighted by molar-refractivity contribution is 0.168. The number of benzene rings is 1. The van der Waals surface area contributed by atoms with E-state index in [0.29, 0.717) is 34.6 Å². The van der Waals surface area contributed by atoms with Crippen molar-refractivity contribution in [3.05, 3.63) is 58.3 Å². The van der Waals surface area contributed by atoms with E-state index in [1.807, 2.05) is 20.8 Å². The van der Waals surface area contributed by atoms with Crippen LogP contribution in [0.1, 0.15) is 43.1 Å². The van der Waals surface area contributed by atoms with Gasteiger partial charge in [-0.1, -0.05) is 25.4 Å². The summed E-state index contributed by atoms with van der Waals surface area (Å²) in [4.78, 5) is 19.4. The highest BCUT2D eigenvalue weighted by Crippen LogP contribution is 2.36. The second-order valence-electron chi connectivity index (χ2n) is 9.19. The van der Waals surface area contributed by atoms with Crippen LogP contribution < -0.4 is 10.0 Å². The lowest BCUT2D eigenvalue weighted by Gasteiger charge is -2.30. The van der Waals surface area contributed by atoms with Gasteiger partial charge in [0.05, 0.1) is 11.4 Å². The van der Waals surface area contributed by atoms with Crippen molar-refractivity contribution in [1.82, 2.24) is 24.4 Å². The summed E-state index contributed by atoms with van der Waals surface area (Å²) < 4.78 is 39.9. The molecule has 0 spiro atoms. The first-order valence-corrected chi connectivity index (χ1v) is 13.5. The molecule has 3 heterocycles. The molecule has 0 aliphatic carbocycles. The third-order valence-corrected chi connectivity index (χ3v) is 7.92. The Balaban J connectivity index is 1.64. The number of hydrogen-bond donors (Lipinski definition) is 3. The van der Waals surface area contributed by atoms with Crippen LogP contribution >= 0.6 is 11.6 Å². The number of pyridine rings is 1. The molecule has 1 aliphatic heterocycles. The van der Waals surface area contributed by atoms with Crippen molar-refractivity contribution >= 4 is 33.2 Å². The molecule has 2 aromatic heterocycles. The highest BCUT2D eigenvalue weighted by molar-refractivity contribution is 7.91. The van der Waals surface area contributed by atoms with Crippen LogP contribution in [0.2, 0.25) is 5.02 Å². The van der Waals surface area contributed by atoms with Gasteiger partial charge in [0, 0.05) is 31.0 Å². The Hall–Kier alpha value is -3.02. The molecule has 12 heteroatoms. The molecule has 192 valence electrons. The van der Waals surface area contributed by atoms with Crippen molar-refractivity contribution in [1.29, 1.82) is 4.78 Å². The standard InChI is InChI=1S/C24H29ClFN7O2S/c1-14(2)18-11-17(26)12-19(16-6-7-28-15(3)10-16)22(18)29-24(34)31-36(27,35)23-21(25)20(32(4)30-23)13-33-8-5-9-33/h6-7,10-12,14H,5,8-9,13H2,1-4H3,(H3,27,29,31,34,35). The first-order chi connectivity index (χ1) is 17.0. The van der Waals surface area contributed by atoms with E-state index in [1.54, 1.807) is 25.4 Å². The predicted molar refractivity (Wildman–Crippen MR) is 138 cm³/mol. The quantitative estimate of drug-likeness (QED) is 0.393. The molecule has 1 fully saturated rings. The summed E-state index contributed by atoms with van der Waals surface area (Å²) in [5.41, 5.74) is 3.38. The van der Waals surface area contributed by atoms with E-state index in [9.17, 15) is 13.4 Å². The van der Waals surface area contributed by atoms with Gasteiger partial charge < -0.3 is 5.32 Å². The smallest absolute Gasteiger partial charge is 0.306 e. The number of rotatable bonds is 7. The fourth-order valence-corrected chi connectivity index (χ4v) is 5.66. The number of aromatic nitrogens is 3. The summed E-state index contributed by atoms with van der Waals surface area (Å²) in [6.07, 6.45) is 2.70. The number of nitrogens with zero attached hydrogens (tertiary/aromatic N) is 4. The summed E-state index contributed by atoms with van der Waals surface area (Å²) in [6, 6.07) is 5.29. The van der Waals surface area contributed by atoms with Gasteiger partial charge in [-0.2, -0.15) is 5.10 Å². The number of nitrogens with one attached hydrogen (secondary N) is 3. The van der Waals surface area contributed by atoms with E-state index in [4.69, 9.17) is 16.4 Å². The molecule has 2 amide bonds. The summed E-state index contributed by atoms with van der Waals surface area (Å²) >= 11 is 6.46. The van der Waals surface area contributed by atoms with Gasteiger partial charge in [-0.3, -0.25) is 14.6 Å². The van der Waals surface area contributed by atoms with Crippen LogP contribution in [0.5, 0.6) is 0 Å². The zero-order valence-corrected chi connectivity index (χ0v) is 22.1. The number of halogens is 2. The molecular formula is C24H29ClFN7O2S. The lowest BCUT2D eigenvalue weighted by atomic mass is 9.94. The van der Waals surface area contributed by atoms with Crippen molar-refractivity contribution in [2.45, 2.75) is 44.7 Å². The van der Waals surface area contributed by atoms with Crippen LogP contribution in [-0.4, -0.2) is 43.0 Å². The number of urea groups is 1. The van der Waals surface area contributed by atoms with Crippen LogP contribution in [-0.2, 0) is 23.5 Å². The first kappa shape index (κ1) is 26.1. The Bertz CT molecular complexity index is 1420. The summed E-state index contributed by atoms with van der Waals surface area (Å²) in [5.74, 6) is -0.583. The van der Waals surface area contributed by atoms with Crippen LogP contribution in [0.15, 0.2) is 35.5 Å². The number of likely N-dealkylation sites (tertiary alicyclic amines) is 1. The number of carbonyl (C=O) groups excluding carboxylic acids is 1. The van der Waals surface area contributed by atoms with Crippen molar-refractivity contribution in [3.8, 4) is 11.1 Å². The second kappa shape index (κ2) is 10.2. The van der Waals surface area contributed by atoms with Gasteiger partial charge in [0.2, 0.25) is 0 Å². The molecule has 36 heavy (non-hydrogen) atoms. The lowest BCUT2D eigenvalue weighted by Crippen LogP contribution is -2.36. The first-order valence-electron chi connectivity index (χ1n) is 11.5. The van der Waals surface area contributed by atoms with Gasteiger partial charge in [-0.05, 0) is 67.7 Å². The number of amides is 2. The van der Waals surface area contributed by atoms with E-state index in [1.165, 1.54) is 16.8 Å². The maximum absolute atomic E-state index is 14.5. The van der Waals surface area contributed by atoms with Gasteiger partial charge in [0.25, 0.3) is 0 Å². The Kier molecular flexibility index (Phi) is 7.35. The fourth-order valence-electron chi connectivity index (χ4n) is 4.09. The Morgan fingerprint density at radius 3 is 2.64 bits per heavy atom. The summed E-state index contributed by atoms with van der Waals surface area (Å²) in [7, 11) is -2.23. The normalized spacial score (nSPS) is 15.4. The third-order valence-electron chi connectivity index (χ3n) is 6.11. The van der Waals surface area contributed by atoms with Crippen molar-refractivity contribution in [2.75, 3.05) is 18.4 Å². The Morgan fingerprint density at radius 1 is 1.31 bits per heavy atom. The van der Waals surface area contributed by atoms with E-state index >= 15 is 0 Å². The minimum atomic E-state index is -3.89. The summed E-state index contributed by atoms with van der Waals surface area (Å²) in [5, 5.41) is 6.78. The molecule has 3 aromatic rings. The third kappa shape index (κ3) is 5.37. The van der Waals surface area contributed by atoms with Crippen LogP contribution in [0.3, 0.4) is 0 Å². The zero-order chi connectivity index (χ0) is 26.2. The Morgan fingerprint density at radius 2 is 2.03 bits per heavy atom. The maximum atomic E-state index is 14.5. The van der Waals surface area contributed by atoms with E-state index < -0.39 is 21.8 Å². The monoisotopic (exact) mass is 533 g/mol. The molecule has 1 saturated heterocycles. The topological polar surface area (TPSA) is 116 Å². The summed E-state index contributed by atoms with van der Waals surface area (Å²) in [6.45, 7) is 7.95. The largest absolute Gasteiger partial charge is 0.332 e. The SMILES string of the molecule is Cc1cc(-c2cc(F)cc(C(C)C)c2NC(=O)NS(=N)(=O)c2nn(C)c(CN3CCC3)c2Cl)ccn1. The maximum Gasteiger partial charge on any atom is 0.332 e. The number of aryl methyl sites for hydroxylation is 2. The molecule has 1 atom stereocenters. The van der Waals surface area contributed by atoms with Gasteiger partial charge >= 0.3 is 6.03 Å². The molecule has 1 aliphatic rings. The zero-order valence-electron chi connectivity index (χ0n) is 20.6. The van der Waals surface area contributed by atoms with Crippen molar-refractivity contribution < 1.29 is 13.4 Å². The predicted octanol–water partition coefficient (Wildman–Crippen LogP) is 5.05. The van der Waals surface area contributed by atoms with Gasteiger partial charge in [-0.25, -0.2) is 22.9 Å². The van der Waals surface area contributed by atoms with E-state index in [2.05, 4.69) is 25.0 Å². The highest BCUT2D eigenvalue weighted by Gasteiger charge is 2.28. The van der Waals surface area contributed by atoms with Crippen LogP contribution in [0.4, 0.5) is 14.9 Å². The molecule has 0 radical (unpaired) electrons. The van der Waals surface area contributed by atoms with Gasteiger partial charge in [0.1, 0.15) is 10.8 Å². The van der Waals surface area contributed by atoms with Gasteiger partial charge in [-0.15, -0.1) is 0 Å². The fraction of sp³-hybridized carbons (Fsp3) is 0.375. The average Bonchev–Trinajstić information content (AvgIpc) is 3.05. The minimum Gasteiger partial charge on any atom is -0.306 e. The molecule has 1 unspecified atom stereocenters. The molecular weight excluding hydrogens is 505 g/mol. The average molecular weight is 534 g/mol. The molecule has 9 nitrogen and oxygen atoms in total. The number of anilines is 1. The Labute approximate surface area is 215 Å². The van der Waals surface area contributed by atoms with Gasteiger partial charge in [0.15, 0.2) is 14.9 Å². The highest BCUT2D eigenvalue weighted by atomic mass is 35.5. The van der Waals surface area contributed by atoms with Crippen molar-refractivity contribution in [3.63, 3.8) is 0 Å². The second-order valence-corrected chi connectivity index (χ2v) is 11.3. The molecule has 3 N–H and O–H groups in total. The molecule has 1 aromatic carbocycles. The number of hydrogen-bond acceptors (Lipinski definition) is 6. The van der Waals surface area contributed by atoms with E-state index in [0.717, 1.165) is 25.2 Å². The van der Waals surface area contributed by atoms with Crippen LogP contribution in [0, 0.1) is 17.5 Å². The number of carbonyl (C=O) groups is 1.